The summed E-state index contributed by atoms with van der Waals surface area (Å²) >= 11 is 0. The minimum absolute atomic E-state index is 0.307. The van der Waals surface area contributed by atoms with Gasteiger partial charge in [0.25, 0.3) is 0 Å². The molecule has 17 heavy (non-hydrogen) atoms. The quantitative estimate of drug-likeness (QED) is 0.340. The van der Waals surface area contributed by atoms with E-state index in [1.54, 1.807) is 13.0 Å². The number of carbonyl (C=O) groups is 1. The Labute approximate surface area is 102 Å². The van der Waals surface area contributed by atoms with Gasteiger partial charge in [-0.3, -0.25) is 0 Å². The first-order valence-corrected chi connectivity index (χ1v) is 5.31. The summed E-state index contributed by atoms with van der Waals surface area (Å²) in [6.45, 7) is 10.8. The highest BCUT2D eigenvalue weighted by atomic mass is 16.5. The fraction of sp³-hybridized carbons (Fsp3) is 0.133. The Morgan fingerprint density at radius 2 is 1.94 bits per heavy atom. The average Bonchev–Trinajstić information content (AvgIpc) is 2.27. The van der Waals surface area contributed by atoms with Crippen LogP contribution in [0.5, 0.6) is 0 Å². The largest absolute Gasteiger partial charge is 0.424 e. The molecule has 0 saturated carbocycles. The zero-order valence-corrected chi connectivity index (χ0v) is 10.2. The molecule has 0 spiro atoms. The van der Waals surface area contributed by atoms with E-state index in [4.69, 9.17) is 4.74 Å². The Hall–Kier alpha value is -2.09. The van der Waals surface area contributed by atoms with Crippen LogP contribution in [0.15, 0.2) is 54.8 Å². The lowest BCUT2D eigenvalue weighted by molar-refractivity contribution is -0.134. The molecule has 0 aliphatic carbocycles. The molecule has 2 heteroatoms. The molecule has 0 radical (unpaired) electrons. The lowest BCUT2D eigenvalue weighted by Gasteiger charge is -2.03. The molecule has 0 fully saturated rings. The smallest absolute Gasteiger partial charge is 0.338 e. The lowest BCUT2D eigenvalue weighted by Crippen LogP contribution is -2.02. The van der Waals surface area contributed by atoms with E-state index in [0.29, 0.717) is 11.3 Å². The van der Waals surface area contributed by atoms with Gasteiger partial charge < -0.3 is 4.74 Å². The monoisotopic (exact) mass is 228 g/mol. The number of hydrogen-bond donors (Lipinski definition) is 0. The summed E-state index contributed by atoms with van der Waals surface area (Å²) in [5.74, 6) is -0.148. The van der Waals surface area contributed by atoms with Crippen molar-refractivity contribution in [2.45, 2.75) is 13.8 Å². The van der Waals surface area contributed by atoms with Gasteiger partial charge in [-0.05, 0) is 31.1 Å². The van der Waals surface area contributed by atoms with Crippen molar-refractivity contribution in [2.24, 2.45) is 0 Å². The van der Waals surface area contributed by atoms with E-state index < -0.39 is 5.97 Å². The molecule has 0 aliphatic rings. The maximum absolute atomic E-state index is 11.2. The number of benzene rings is 1. The number of rotatable bonds is 4. The van der Waals surface area contributed by atoms with E-state index in [0.717, 1.165) is 11.1 Å². The molecule has 88 valence electrons. The molecule has 1 rings (SSSR count). The van der Waals surface area contributed by atoms with Crippen molar-refractivity contribution < 1.29 is 9.53 Å². The Morgan fingerprint density at radius 1 is 1.29 bits per heavy atom. The predicted molar refractivity (Wildman–Crippen MR) is 70.3 cm³/mol. The Bertz CT molecular complexity index is 481. The highest BCUT2D eigenvalue weighted by Crippen LogP contribution is 2.11. The molecule has 0 aliphatic heterocycles. The van der Waals surface area contributed by atoms with Crippen molar-refractivity contribution >= 4 is 12.0 Å². The summed E-state index contributed by atoms with van der Waals surface area (Å²) in [4.78, 5) is 11.2. The molecule has 0 aromatic heterocycles. The maximum Gasteiger partial charge on any atom is 0.338 e. The third kappa shape index (κ3) is 4.11. The molecule has 0 heterocycles. The van der Waals surface area contributed by atoms with Crippen molar-refractivity contribution in [3.63, 3.8) is 0 Å². The van der Waals surface area contributed by atoms with Crippen LogP contribution >= 0.6 is 0 Å². The van der Waals surface area contributed by atoms with Crippen molar-refractivity contribution in [2.75, 3.05) is 0 Å². The summed E-state index contributed by atoms with van der Waals surface area (Å²) < 4.78 is 4.95. The minimum atomic E-state index is -0.454. The van der Waals surface area contributed by atoms with E-state index in [1.165, 1.54) is 0 Å². The molecule has 1 aromatic carbocycles. The fourth-order valence-electron chi connectivity index (χ4n) is 1.20. The molecule has 0 saturated heterocycles. The number of esters is 1. The van der Waals surface area contributed by atoms with Gasteiger partial charge in [0.2, 0.25) is 0 Å². The second-order valence-electron chi connectivity index (χ2n) is 3.83. The zero-order valence-electron chi connectivity index (χ0n) is 10.2. The van der Waals surface area contributed by atoms with Crippen molar-refractivity contribution in [1.82, 2.24) is 0 Å². The molecule has 1 aromatic rings. The van der Waals surface area contributed by atoms with Gasteiger partial charge >= 0.3 is 5.97 Å². The van der Waals surface area contributed by atoms with Gasteiger partial charge in [0.1, 0.15) is 5.76 Å². The number of allylic oxidation sites excluding steroid dienone is 1. The third-order valence-corrected chi connectivity index (χ3v) is 2.21. The molecule has 0 N–H and O–H groups in total. The number of carbonyl (C=O) groups excluding carboxylic acids is 1. The van der Waals surface area contributed by atoms with Gasteiger partial charge in [-0.2, -0.15) is 0 Å². The van der Waals surface area contributed by atoms with Gasteiger partial charge in [-0.15, -0.1) is 0 Å². The van der Waals surface area contributed by atoms with Crippen LogP contribution < -0.4 is 0 Å². The SMILES string of the molecule is C=C(/C=C\c1ccccc1C)OC(=O)C(=C)C. The molecular weight excluding hydrogens is 212 g/mol. The lowest BCUT2D eigenvalue weighted by atomic mass is 10.1. The Kier molecular flexibility index (Phi) is 4.46. The molecule has 0 unspecified atom stereocenters. The molecule has 2 nitrogen and oxygen atoms in total. The summed E-state index contributed by atoms with van der Waals surface area (Å²) in [5, 5.41) is 0. The van der Waals surface area contributed by atoms with Crippen LogP contribution in [0.1, 0.15) is 18.1 Å². The van der Waals surface area contributed by atoms with Crippen LogP contribution in [0.3, 0.4) is 0 Å². The minimum Gasteiger partial charge on any atom is -0.424 e. The van der Waals surface area contributed by atoms with Crippen LogP contribution in [0.2, 0.25) is 0 Å². The standard InChI is InChI=1S/C15H16O2/c1-11(2)15(16)17-13(4)9-10-14-8-6-5-7-12(14)3/h5-10H,1,4H2,2-3H3/b10-9-. The summed E-state index contributed by atoms with van der Waals surface area (Å²) in [5.41, 5.74) is 2.58. The van der Waals surface area contributed by atoms with Crippen molar-refractivity contribution in [3.05, 3.63) is 66.0 Å². The van der Waals surface area contributed by atoms with Gasteiger partial charge in [0, 0.05) is 5.57 Å². The van der Waals surface area contributed by atoms with Crippen LogP contribution in [0, 0.1) is 6.92 Å². The Morgan fingerprint density at radius 3 is 2.53 bits per heavy atom. The van der Waals surface area contributed by atoms with E-state index in [1.807, 2.05) is 37.3 Å². The van der Waals surface area contributed by atoms with E-state index in [9.17, 15) is 4.79 Å². The molecule has 0 amide bonds. The molecule has 0 atom stereocenters. The first-order chi connectivity index (χ1) is 8.00. The number of ether oxygens (including phenoxy) is 1. The van der Waals surface area contributed by atoms with Crippen LogP contribution in [0.4, 0.5) is 0 Å². The van der Waals surface area contributed by atoms with Gasteiger partial charge in [-0.25, -0.2) is 4.79 Å². The molecule has 0 bridgehead atoms. The van der Waals surface area contributed by atoms with Crippen LogP contribution in [-0.2, 0) is 9.53 Å². The van der Waals surface area contributed by atoms with E-state index in [2.05, 4.69) is 13.2 Å². The van der Waals surface area contributed by atoms with Crippen molar-refractivity contribution in [1.29, 1.82) is 0 Å². The summed E-state index contributed by atoms with van der Waals surface area (Å²) in [7, 11) is 0. The van der Waals surface area contributed by atoms with Crippen molar-refractivity contribution in [3.8, 4) is 0 Å². The fourth-order valence-corrected chi connectivity index (χ4v) is 1.20. The molecular formula is C15H16O2. The van der Waals surface area contributed by atoms with Gasteiger partial charge in [-0.1, -0.05) is 43.5 Å². The van der Waals surface area contributed by atoms with Crippen LogP contribution in [-0.4, -0.2) is 5.97 Å². The number of aryl methyl sites for hydroxylation is 1. The summed E-state index contributed by atoms with van der Waals surface area (Å²) in [6, 6.07) is 7.93. The van der Waals surface area contributed by atoms with E-state index >= 15 is 0 Å². The number of hydrogen-bond acceptors (Lipinski definition) is 2. The summed E-state index contributed by atoms with van der Waals surface area (Å²) in [6.07, 6.45) is 3.53. The topological polar surface area (TPSA) is 26.3 Å². The normalized spacial score (nSPS) is 10.2. The van der Waals surface area contributed by atoms with E-state index in [-0.39, 0.29) is 0 Å². The first kappa shape index (κ1) is 13.0. The van der Waals surface area contributed by atoms with Crippen LogP contribution in [0.25, 0.3) is 6.08 Å². The first-order valence-electron chi connectivity index (χ1n) is 5.31. The average molecular weight is 228 g/mol. The maximum atomic E-state index is 11.2. The highest BCUT2D eigenvalue weighted by molar-refractivity contribution is 5.87. The highest BCUT2D eigenvalue weighted by Gasteiger charge is 2.03. The second-order valence-corrected chi connectivity index (χ2v) is 3.83. The second kappa shape index (κ2) is 5.85. The van der Waals surface area contributed by atoms with Gasteiger partial charge in [0.05, 0.1) is 0 Å². The zero-order chi connectivity index (χ0) is 12.8. The predicted octanol–water partition coefficient (Wildman–Crippen LogP) is 3.64. The third-order valence-electron chi connectivity index (χ3n) is 2.21. The van der Waals surface area contributed by atoms with Gasteiger partial charge in [0.15, 0.2) is 0 Å². The Balaban J connectivity index is 2.66.